The van der Waals surface area contributed by atoms with Crippen molar-refractivity contribution in [3.63, 3.8) is 0 Å². The Morgan fingerprint density at radius 1 is 0.692 bits per heavy atom. The van der Waals surface area contributed by atoms with Crippen LogP contribution in [-0.2, 0) is 4.79 Å². The number of thioether (sulfide) groups is 1. The summed E-state index contributed by atoms with van der Waals surface area (Å²) in [6.07, 6.45) is 2.29. The van der Waals surface area contributed by atoms with Crippen LogP contribution in [-0.4, -0.2) is 29.6 Å². The predicted octanol–water partition coefficient (Wildman–Crippen LogP) is 9.06. The maximum Gasteiger partial charge on any atom is 0.193 e. The summed E-state index contributed by atoms with van der Waals surface area (Å²) in [5, 5.41) is 0.746. The molecule has 0 bridgehead atoms. The third-order valence-electron chi connectivity index (χ3n) is 5.98. The fraction of sp³-hybridized carbons (Fsp3) is 0.182. The van der Waals surface area contributed by atoms with Crippen LogP contribution in [0.3, 0.4) is 0 Å². The lowest BCUT2D eigenvalue weighted by molar-refractivity contribution is -0.116. The molecule has 0 aliphatic rings. The van der Waals surface area contributed by atoms with Crippen LogP contribution < -0.4 is 0 Å². The molecule has 0 fully saturated rings. The molecule has 0 unspecified atom stereocenters. The van der Waals surface area contributed by atoms with E-state index in [0.29, 0.717) is 24.1 Å². The first-order chi connectivity index (χ1) is 19.0. The summed E-state index contributed by atoms with van der Waals surface area (Å²) >= 11 is 9.45. The van der Waals surface area contributed by atoms with Crippen molar-refractivity contribution in [3.05, 3.63) is 125 Å². The standard InChI is InChI=1S/C33H30ClNO2S2/c1-24(36)21-22-35-32(8-5-23-38-29-19-13-28(34)14-20-29)25-9-15-30(16-10-25)39-31-17-11-27(12-18-31)33(37)26-6-3-2-4-7-26/h2-4,6-7,9-20H,5,8,21-23H2,1H3. The fourth-order valence-electron chi connectivity index (χ4n) is 3.91. The molecule has 4 aromatic rings. The second kappa shape index (κ2) is 14.9. The molecular formula is C33H30ClNO2S2. The number of ketones is 2. The van der Waals surface area contributed by atoms with Crippen LogP contribution in [0.15, 0.2) is 123 Å². The van der Waals surface area contributed by atoms with Gasteiger partial charge in [0.2, 0.25) is 0 Å². The van der Waals surface area contributed by atoms with Gasteiger partial charge in [0.05, 0.1) is 0 Å². The fourth-order valence-corrected chi connectivity index (χ4v) is 5.70. The van der Waals surface area contributed by atoms with E-state index in [0.717, 1.165) is 44.7 Å². The van der Waals surface area contributed by atoms with E-state index in [1.54, 1.807) is 18.7 Å². The van der Waals surface area contributed by atoms with Gasteiger partial charge in [0.1, 0.15) is 5.78 Å². The molecule has 0 aliphatic heterocycles. The minimum Gasteiger partial charge on any atom is -0.300 e. The molecule has 0 aromatic heterocycles. The summed E-state index contributed by atoms with van der Waals surface area (Å²) in [4.78, 5) is 32.3. The van der Waals surface area contributed by atoms with Crippen LogP contribution in [0.25, 0.3) is 0 Å². The Bertz CT molecular complexity index is 1400. The molecule has 0 spiro atoms. The molecule has 4 aromatic carbocycles. The maximum absolute atomic E-state index is 12.7. The van der Waals surface area contributed by atoms with E-state index < -0.39 is 0 Å². The number of benzene rings is 4. The molecule has 4 rings (SSSR count). The minimum atomic E-state index is 0.0275. The first kappa shape index (κ1) is 28.9. The second-order valence-corrected chi connectivity index (χ2v) is 11.8. The smallest absolute Gasteiger partial charge is 0.193 e. The number of hydrogen-bond acceptors (Lipinski definition) is 5. The van der Waals surface area contributed by atoms with E-state index in [4.69, 9.17) is 16.6 Å². The van der Waals surface area contributed by atoms with E-state index in [1.807, 2.05) is 90.6 Å². The molecule has 39 heavy (non-hydrogen) atoms. The van der Waals surface area contributed by atoms with Crippen molar-refractivity contribution >= 4 is 52.4 Å². The number of rotatable bonds is 13. The van der Waals surface area contributed by atoms with Crippen molar-refractivity contribution in [1.82, 2.24) is 0 Å². The van der Waals surface area contributed by atoms with Gasteiger partial charge in [0.15, 0.2) is 5.78 Å². The quantitative estimate of drug-likeness (QED) is 0.0695. The number of aliphatic imine (C=N–C) groups is 1. The van der Waals surface area contributed by atoms with Gasteiger partial charge in [-0.05, 0) is 91.7 Å². The molecule has 0 aliphatic carbocycles. The van der Waals surface area contributed by atoms with Gasteiger partial charge in [-0.15, -0.1) is 11.8 Å². The summed E-state index contributed by atoms with van der Waals surface area (Å²) in [6.45, 7) is 2.12. The van der Waals surface area contributed by atoms with Crippen molar-refractivity contribution in [3.8, 4) is 0 Å². The van der Waals surface area contributed by atoms with Crippen molar-refractivity contribution in [2.75, 3.05) is 12.3 Å². The largest absolute Gasteiger partial charge is 0.300 e. The average molecular weight is 572 g/mol. The summed E-state index contributed by atoms with van der Waals surface area (Å²) < 4.78 is 0. The van der Waals surface area contributed by atoms with Crippen molar-refractivity contribution < 1.29 is 9.59 Å². The first-order valence-electron chi connectivity index (χ1n) is 12.9. The zero-order valence-electron chi connectivity index (χ0n) is 21.8. The van der Waals surface area contributed by atoms with Crippen LogP contribution >= 0.6 is 35.1 Å². The molecule has 0 N–H and O–H groups in total. The number of nitrogens with zero attached hydrogens (tertiary/aromatic N) is 1. The van der Waals surface area contributed by atoms with Gasteiger partial charge >= 0.3 is 0 Å². The number of halogens is 1. The van der Waals surface area contributed by atoms with Crippen LogP contribution in [0.2, 0.25) is 5.02 Å². The average Bonchev–Trinajstić information content (AvgIpc) is 2.96. The van der Waals surface area contributed by atoms with Gasteiger partial charge in [-0.2, -0.15) is 0 Å². The second-order valence-electron chi connectivity index (χ2n) is 9.03. The SMILES string of the molecule is CC(=O)CCN=C(CCCSc1ccc(Cl)cc1)c1ccc(Sc2ccc(C(=O)c3ccccc3)cc2)cc1. The molecule has 0 amide bonds. The van der Waals surface area contributed by atoms with Gasteiger partial charge in [-0.3, -0.25) is 14.6 Å². The van der Waals surface area contributed by atoms with E-state index in [2.05, 4.69) is 24.3 Å². The van der Waals surface area contributed by atoms with Crippen LogP contribution in [0, 0.1) is 0 Å². The number of hydrogen-bond donors (Lipinski definition) is 0. The molecule has 0 saturated carbocycles. The topological polar surface area (TPSA) is 46.5 Å². The van der Waals surface area contributed by atoms with Crippen LogP contribution in [0.5, 0.6) is 0 Å². The van der Waals surface area contributed by atoms with Gasteiger partial charge < -0.3 is 0 Å². The molecule has 198 valence electrons. The molecule has 0 saturated heterocycles. The zero-order valence-corrected chi connectivity index (χ0v) is 24.2. The summed E-state index contributed by atoms with van der Waals surface area (Å²) in [5.74, 6) is 1.16. The normalized spacial score (nSPS) is 11.4. The van der Waals surface area contributed by atoms with Gasteiger partial charge in [-0.1, -0.05) is 65.8 Å². The van der Waals surface area contributed by atoms with Gasteiger partial charge in [0, 0.05) is 49.5 Å². The number of carbonyl (C=O) groups is 2. The Morgan fingerprint density at radius 2 is 1.26 bits per heavy atom. The van der Waals surface area contributed by atoms with Crippen molar-refractivity contribution in [2.24, 2.45) is 4.99 Å². The minimum absolute atomic E-state index is 0.0275. The van der Waals surface area contributed by atoms with E-state index in [-0.39, 0.29) is 11.6 Å². The third-order valence-corrected chi connectivity index (χ3v) is 8.35. The molecule has 6 heteroatoms. The predicted molar refractivity (Wildman–Crippen MR) is 165 cm³/mol. The summed E-state index contributed by atoms with van der Waals surface area (Å²) in [5.41, 5.74) is 3.50. The van der Waals surface area contributed by atoms with E-state index in [1.165, 1.54) is 4.90 Å². The Morgan fingerprint density at radius 3 is 1.87 bits per heavy atom. The van der Waals surface area contributed by atoms with Crippen molar-refractivity contribution in [1.29, 1.82) is 0 Å². The molecule has 3 nitrogen and oxygen atoms in total. The van der Waals surface area contributed by atoms with Gasteiger partial charge in [-0.25, -0.2) is 0 Å². The number of carbonyl (C=O) groups excluding carboxylic acids is 2. The van der Waals surface area contributed by atoms with Gasteiger partial charge in [0.25, 0.3) is 0 Å². The Hall–Kier alpha value is -3.12. The van der Waals surface area contributed by atoms with Crippen LogP contribution in [0.1, 0.15) is 47.7 Å². The maximum atomic E-state index is 12.7. The van der Waals surface area contributed by atoms with Crippen LogP contribution in [0.4, 0.5) is 0 Å². The molecular weight excluding hydrogens is 542 g/mol. The lowest BCUT2D eigenvalue weighted by Gasteiger charge is -2.09. The zero-order chi connectivity index (χ0) is 27.5. The highest BCUT2D eigenvalue weighted by Crippen LogP contribution is 2.29. The monoisotopic (exact) mass is 571 g/mol. The Balaban J connectivity index is 1.36. The van der Waals surface area contributed by atoms with E-state index in [9.17, 15) is 9.59 Å². The number of Topliss-reactive ketones (excluding diaryl/α,β-unsaturated/α-hetero) is 1. The summed E-state index contributed by atoms with van der Waals surface area (Å²) in [6, 6.07) is 33.4. The first-order valence-corrected chi connectivity index (χ1v) is 15.1. The highest BCUT2D eigenvalue weighted by Gasteiger charge is 2.09. The summed E-state index contributed by atoms with van der Waals surface area (Å²) in [7, 11) is 0. The Labute approximate surface area is 244 Å². The molecule has 0 heterocycles. The Kier molecular flexibility index (Phi) is 11.0. The lowest BCUT2D eigenvalue weighted by atomic mass is 10.0. The van der Waals surface area contributed by atoms with Crippen molar-refractivity contribution in [2.45, 2.75) is 40.9 Å². The third kappa shape index (κ3) is 9.24. The molecule has 0 radical (unpaired) electrons. The van der Waals surface area contributed by atoms with E-state index >= 15 is 0 Å². The lowest BCUT2D eigenvalue weighted by Crippen LogP contribution is -2.05. The molecule has 0 atom stereocenters. The highest BCUT2D eigenvalue weighted by atomic mass is 35.5. The highest BCUT2D eigenvalue weighted by molar-refractivity contribution is 7.99.